The van der Waals surface area contributed by atoms with Crippen LogP contribution in [0.2, 0.25) is 0 Å². The fourth-order valence-corrected chi connectivity index (χ4v) is 1.39. The molecule has 17 heavy (non-hydrogen) atoms. The van der Waals surface area contributed by atoms with Gasteiger partial charge in [-0.1, -0.05) is 5.16 Å². The van der Waals surface area contributed by atoms with Gasteiger partial charge in [-0.05, 0) is 13.8 Å². The average molecular weight is 233 g/mol. The summed E-state index contributed by atoms with van der Waals surface area (Å²) >= 11 is 0. The molecule has 0 aliphatic rings. The molecule has 2 aromatic rings. The lowest BCUT2D eigenvalue weighted by Crippen LogP contribution is -2.05. The fourth-order valence-electron chi connectivity index (χ4n) is 1.39. The predicted molar refractivity (Wildman–Crippen MR) is 64.8 cm³/mol. The molecular formula is C11H15N5O. The summed E-state index contributed by atoms with van der Waals surface area (Å²) in [6.07, 6.45) is 3.36. The lowest BCUT2D eigenvalue weighted by molar-refractivity contribution is 0.384. The topological polar surface area (TPSA) is 75.9 Å². The van der Waals surface area contributed by atoms with E-state index >= 15 is 0 Å². The molecule has 0 amide bonds. The van der Waals surface area contributed by atoms with Crippen LogP contribution in [0.25, 0.3) is 0 Å². The van der Waals surface area contributed by atoms with Crippen molar-refractivity contribution in [1.82, 2.24) is 15.1 Å². The van der Waals surface area contributed by atoms with Gasteiger partial charge in [0.25, 0.3) is 0 Å². The van der Waals surface area contributed by atoms with E-state index in [-0.39, 0.29) is 0 Å². The molecule has 2 aromatic heterocycles. The molecule has 90 valence electrons. The Morgan fingerprint density at radius 2 is 2.00 bits per heavy atom. The molecule has 6 nitrogen and oxygen atoms in total. The zero-order valence-corrected chi connectivity index (χ0v) is 9.90. The second-order valence-corrected chi connectivity index (χ2v) is 3.61. The number of aryl methyl sites for hydroxylation is 1. The number of aromatic nitrogens is 3. The van der Waals surface area contributed by atoms with Crippen LogP contribution in [0.4, 0.5) is 11.6 Å². The maximum Gasteiger partial charge on any atom is 0.156 e. The Morgan fingerprint density at radius 1 is 1.24 bits per heavy atom. The highest BCUT2D eigenvalue weighted by atomic mass is 16.5. The SMILES string of the molecule is CCNc1cncc(NCc2cc(C)no2)n1. The van der Waals surface area contributed by atoms with Gasteiger partial charge in [-0.15, -0.1) is 0 Å². The molecular weight excluding hydrogens is 218 g/mol. The molecule has 0 saturated heterocycles. The second kappa shape index (κ2) is 5.29. The van der Waals surface area contributed by atoms with E-state index < -0.39 is 0 Å². The van der Waals surface area contributed by atoms with Gasteiger partial charge in [-0.3, -0.25) is 4.98 Å². The zero-order valence-electron chi connectivity index (χ0n) is 9.90. The van der Waals surface area contributed by atoms with Gasteiger partial charge >= 0.3 is 0 Å². The van der Waals surface area contributed by atoms with E-state index in [9.17, 15) is 0 Å². The average Bonchev–Trinajstić information content (AvgIpc) is 2.74. The molecule has 2 heterocycles. The maximum absolute atomic E-state index is 5.09. The van der Waals surface area contributed by atoms with Crippen molar-refractivity contribution in [2.24, 2.45) is 0 Å². The van der Waals surface area contributed by atoms with Gasteiger partial charge in [-0.25, -0.2) is 4.98 Å². The molecule has 0 fully saturated rings. The molecule has 0 radical (unpaired) electrons. The number of hydrogen-bond acceptors (Lipinski definition) is 6. The molecule has 0 atom stereocenters. The molecule has 0 aliphatic heterocycles. The van der Waals surface area contributed by atoms with Gasteiger partial charge in [0, 0.05) is 12.6 Å². The van der Waals surface area contributed by atoms with Crippen LogP contribution in [0.3, 0.4) is 0 Å². The van der Waals surface area contributed by atoms with Crippen molar-refractivity contribution in [3.05, 3.63) is 29.9 Å². The lowest BCUT2D eigenvalue weighted by atomic mass is 10.4. The molecule has 0 aromatic carbocycles. The number of rotatable bonds is 5. The minimum absolute atomic E-state index is 0.547. The fraction of sp³-hybridized carbons (Fsp3) is 0.364. The summed E-state index contributed by atoms with van der Waals surface area (Å²) in [6.45, 7) is 5.27. The van der Waals surface area contributed by atoms with E-state index in [4.69, 9.17) is 4.52 Å². The third-order valence-electron chi connectivity index (χ3n) is 2.11. The minimum atomic E-state index is 0.547. The Labute approximate surface area is 99.5 Å². The Morgan fingerprint density at radius 3 is 2.65 bits per heavy atom. The van der Waals surface area contributed by atoms with Crippen molar-refractivity contribution in [2.45, 2.75) is 20.4 Å². The molecule has 6 heteroatoms. The van der Waals surface area contributed by atoms with Crippen molar-refractivity contribution in [3.8, 4) is 0 Å². The third kappa shape index (κ3) is 3.17. The van der Waals surface area contributed by atoms with Crippen LogP contribution >= 0.6 is 0 Å². The summed E-state index contributed by atoms with van der Waals surface area (Å²) in [5.74, 6) is 2.24. The Hall–Kier alpha value is -2.11. The minimum Gasteiger partial charge on any atom is -0.369 e. The normalized spacial score (nSPS) is 10.2. The quantitative estimate of drug-likeness (QED) is 0.820. The highest BCUT2D eigenvalue weighted by Gasteiger charge is 2.02. The van der Waals surface area contributed by atoms with Crippen LogP contribution in [0.5, 0.6) is 0 Å². The number of anilines is 2. The van der Waals surface area contributed by atoms with Crippen LogP contribution < -0.4 is 10.6 Å². The van der Waals surface area contributed by atoms with E-state index in [1.165, 1.54) is 0 Å². The van der Waals surface area contributed by atoms with Gasteiger partial charge in [-0.2, -0.15) is 0 Å². The van der Waals surface area contributed by atoms with Gasteiger partial charge in [0.1, 0.15) is 11.6 Å². The lowest BCUT2D eigenvalue weighted by Gasteiger charge is -2.05. The molecule has 0 saturated carbocycles. The number of nitrogens with one attached hydrogen (secondary N) is 2. The number of hydrogen-bond donors (Lipinski definition) is 2. The first kappa shape index (κ1) is 11.4. The summed E-state index contributed by atoms with van der Waals surface area (Å²) in [6, 6.07) is 1.88. The van der Waals surface area contributed by atoms with Crippen LogP contribution in [0.15, 0.2) is 23.0 Å². The van der Waals surface area contributed by atoms with E-state index in [2.05, 4.69) is 25.8 Å². The summed E-state index contributed by atoms with van der Waals surface area (Å²) in [5.41, 5.74) is 0.870. The van der Waals surface area contributed by atoms with Gasteiger partial charge in [0.05, 0.1) is 24.6 Å². The van der Waals surface area contributed by atoms with Crippen molar-refractivity contribution < 1.29 is 4.52 Å². The monoisotopic (exact) mass is 233 g/mol. The van der Waals surface area contributed by atoms with E-state index in [1.807, 2.05) is 19.9 Å². The molecule has 0 bridgehead atoms. The van der Waals surface area contributed by atoms with Crippen molar-refractivity contribution in [2.75, 3.05) is 17.2 Å². The molecule has 0 unspecified atom stereocenters. The largest absolute Gasteiger partial charge is 0.369 e. The first-order valence-electron chi connectivity index (χ1n) is 5.50. The molecule has 2 rings (SSSR count). The Bertz CT molecular complexity index is 482. The van der Waals surface area contributed by atoms with Gasteiger partial charge in [0.15, 0.2) is 5.76 Å². The molecule has 0 aliphatic carbocycles. The second-order valence-electron chi connectivity index (χ2n) is 3.61. The zero-order chi connectivity index (χ0) is 12.1. The van der Waals surface area contributed by atoms with Crippen LogP contribution in [-0.4, -0.2) is 21.7 Å². The van der Waals surface area contributed by atoms with Gasteiger partial charge in [0.2, 0.25) is 0 Å². The first-order valence-corrected chi connectivity index (χ1v) is 5.50. The van der Waals surface area contributed by atoms with E-state index in [0.717, 1.165) is 23.8 Å². The molecule has 2 N–H and O–H groups in total. The summed E-state index contributed by atoms with van der Waals surface area (Å²) in [5, 5.41) is 10.0. The van der Waals surface area contributed by atoms with Crippen LogP contribution in [0.1, 0.15) is 18.4 Å². The third-order valence-corrected chi connectivity index (χ3v) is 2.11. The smallest absolute Gasteiger partial charge is 0.156 e. The maximum atomic E-state index is 5.09. The summed E-state index contributed by atoms with van der Waals surface area (Å²) in [7, 11) is 0. The van der Waals surface area contributed by atoms with Crippen LogP contribution in [-0.2, 0) is 6.54 Å². The van der Waals surface area contributed by atoms with Crippen molar-refractivity contribution in [3.63, 3.8) is 0 Å². The standard InChI is InChI=1S/C11H15N5O/c1-3-13-10-6-12-7-11(15-10)14-5-9-4-8(2)16-17-9/h4,6-7H,3,5H2,1-2H3,(H2,13,14,15). The van der Waals surface area contributed by atoms with Crippen molar-refractivity contribution in [1.29, 1.82) is 0 Å². The van der Waals surface area contributed by atoms with Crippen LogP contribution in [0, 0.1) is 6.92 Å². The van der Waals surface area contributed by atoms with Gasteiger partial charge < -0.3 is 15.2 Å². The van der Waals surface area contributed by atoms with E-state index in [1.54, 1.807) is 12.4 Å². The highest BCUT2D eigenvalue weighted by Crippen LogP contribution is 2.09. The van der Waals surface area contributed by atoms with E-state index in [0.29, 0.717) is 12.4 Å². The first-order chi connectivity index (χ1) is 8.28. The highest BCUT2D eigenvalue weighted by molar-refractivity contribution is 5.41. The summed E-state index contributed by atoms with van der Waals surface area (Å²) < 4.78 is 5.09. The predicted octanol–water partition coefficient (Wildman–Crippen LogP) is 1.82. The number of nitrogens with zero attached hydrogens (tertiary/aromatic N) is 3. The Kier molecular flexibility index (Phi) is 3.54. The summed E-state index contributed by atoms with van der Waals surface area (Å²) in [4.78, 5) is 8.42. The molecule has 0 spiro atoms. The van der Waals surface area contributed by atoms with Crippen molar-refractivity contribution >= 4 is 11.6 Å². The Balaban J connectivity index is 1.96.